The lowest BCUT2D eigenvalue weighted by Gasteiger charge is -2.29. The molecule has 0 spiro atoms. The molecule has 2 atom stereocenters. The number of nitrogens with one attached hydrogen (secondary N) is 2. The summed E-state index contributed by atoms with van der Waals surface area (Å²) in [4.78, 5) is 17.0. The summed E-state index contributed by atoms with van der Waals surface area (Å²) in [6, 6.07) is 6.49. The smallest absolute Gasteiger partial charge is 0.250 e. The lowest BCUT2D eigenvalue weighted by Crippen LogP contribution is -2.51. The normalized spacial score (nSPS) is 25.4. The fraction of sp³-hybridized carbons (Fsp3) is 0.357. The topological polar surface area (TPSA) is 74.2 Å². The second-order valence-electron chi connectivity index (χ2n) is 5.44. The number of carbonyl (C=O) groups is 1. The van der Waals surface area contributed by atoms with Crippen LogP contribution in [0.15, 0.2) is 24.4 Å². The third-order valence-corrected chi connectivity index (χ3v) is 4.39. The average Bonchev–Trinajstić information content (AvgIpc) is 2.94. The third kappa shape index (κ3) is 1.48. The van der Waals surface area contributed by atoms with Crippen LogP contribution in [0.5, 0.6) is 0 Å². The minimum Gasteiger partial charge on any atom is -0.369 e. The molecule has 0 bridgehead atoms. The Labute approximate surface area is 110 Å². The van der Waals surface area contributed by atoms with Crippen LogP contribution in [0.1, 0.15) is 10.4 Å². The van der Waals surface area contributed by atoms with E-state index in [0.717, 1.165) is 36.5 Å². The quantitative estimate of drug-likeness (QED) is 0.739. The molecule has 2 fully saturated rings. The maximum absolute atomic E-state index is 11.4. The molecule has 4 N–H and O–H groups in total. The highest BCUT2D eigenvalue weighted by atomic mass is 16.1. The molecular formula is C14H16N4O. The zero-order chi connectivity index (χ0) is 13.0. The van der Waals surface area contributed by atoms with Gasteiger partial charge < -0.3 is 20.9 Å². The van der Waals surface area contributed by atoms with Crippen molar-refractivity contribution in [3.8, 4) is 0 Å². The van der Waals surface area contributed by atoms with Gasteiger partial charge >= 0.3 is 0 Å². The van der Waals surface area contributed by atoms with Crippen molar-refractivity contribution in [3.63, 3.8) is 0 Å². The van der Waals surface area contributed by atoms with Crippen molar-refractivity contribution in [3.05, 3.63) is 30.0 Å². The number of carbonyl (C=O) groups excluding carboxylic acids is 1. The molecule has 0 saturated carbocycles. The highest BCUT2D eigenvalue weighted by Crippen LogP contribution is 2.34. The first-order valence-electron chi connectivity index (χ1n) is 6.62. The SMILES string of the molecule is NC(=O)c1ccc(N2C[C@@H]3CN[C@H]3C2)c2cc[nH]c12. The van der Waals surface area contributed by atoms with E-state index in [-0.39, 0.29) is 5.91 Å². The summed E-state index contributed by atoms with van der Waals surface area (Å²) in [6.07, 6.45) is 1.86. The highest BCUT2D eigenvalue weighted by molar-refractivity contribution is 6.08. The number of amides is 1. The zero-order valence-electron chi connectivity index (χ0n) is 10.5. The first kappa shape index (κ1) is 10.9. The van der Waals surface area contributed by atoms with Crippen LogP contribution in [0.2, 0.25) is 0 Å². The van der Waals surface area contributed by atoms with Crippen LogP contribution in [0, 0.1) is 5.92 Å². The van der Waals surface area contributed by atoms with Crippen molar-refractivity contribution in [1.82, 2.24) is 10.3 Å². The van der Waals surface area contributed by atoms with Gasteiger partial charge in [-0.2, -0.15) is 0 Å². The van der Waals surface area contributed by atoms with Gasteiger partial charge in [0.15, 0.2) is 0 Å². The lowest BCUT2D eigenvalue weighted by molar-refractivity contribution is 0.100. The monoisotopic (exact) mass is 256 g/mol. The van der Waals surface area contributed by atoms with E-state index in [1.54, 1.807) is 0 Å². The van der Waals surface area contributed by atoms with Gasteiger partial charge in [0.05, 0.1) is 11.1 Å². The Morgan fingerprint density at radius 1 is 1.32 bits per heavy atom. The van der Waals surface area contributed by atoms with Gasteiger partial charge in [-0.25, -0.2) is 0 Å². The van der Waals surface area contributed by atoms with Crippen LogP contribution in [0.4, 0.5) is 5.69 Å². The molecule has 5 nitrogen and oxygen atoms in total. The summed E-state index contributed by atoms with van der Waals surface area (Å²) < 4.78 is 0. The van der Waals surface area contributed by atoms with E-state index >= 15 is 0 Å². The molecule has 5 heteroatoms. The van der Waals surface area contributed by atoms with Gasteiger partial charge in [-0.3, -0.25) is 4.79 Å². The molecule has 1 amide bonds. The predicted molar refractivity (Wildman–Crippen MR) is 74.3 cm³/mol. The molecule has 2 aliphatic rings. The van der Waals surface area contributed by atoms with Crippen molar-refractivity contribution in [2.24, 2.45) is 11.7 Å². The Kier molecular flexibility index (Phi) is 2.14. The van der Waals surface area contributed by atoms with E-state index in [1.807, 2.05) is 24.4 Å². The molecule has 1 aromatic carbocycles. The van der Waals surface area contributed by atoms with E-state index < -0.39 is 0 Å². The zero-order valence-corrected chi connectivity index (χ0v) is 10.5. The molecule has 4 rings (SSSR count). The van der Waals surface area contributed by atoms with Gasteiger partial charge in [-0.05, 0) is 18.2 Å². The summed E-state index contributed by atoms with van der Waals surface area (Å²) in [5.74, 6) is 0.381. The largest absolute Gasteiger partial charge is 0.369 e. The van der Waals surface area contributed by atoms with E-state index in [2.05, 4.69) is 15.2 Å². The number of nitrogens with zero attached hydrogens (tertiary/aromatic N) is 1. The van der Waals surface area contributed by atoms with Gasteiger partial charge in [-0.15, -0.1) is 0 Å². The van der Waals surface area contributed by atoms with Gasteiger partial charge in [0.1, 0.15) is 0 Å². The Hall–Kier alpha value is -2.01. The number of benzene rings is 1. The van der Waals surface area contributed by atoms with Crippen molar-refractivity contribution < 1.29 is 4.79 Å². The van der Waals surface area contributed by atoms with Crippen LogP contribution in [0.25, 0.3) is 10.9 Å². The number of primary amides is 1. The van der Waals surface area contributed by atoms with Gasteiger partial charge in [0.2, 0.25) is 0 Å². The number of aromatic nitrogens is 1. The van der Waals surface area contributed by atoms with Crippen LogP contribution in [0.3, 0.4) is 0 Å². The third-order valence-electron chi connectivity index (χ3n) is 4.39. The van der Waals surface area contributed by atoms with Crippen molar-refractivity contribution in [2.75, 3.05) is 24.5 Å². The molecule has 2 aliphatic heterocycles. The molecule has 0 radical (unpaired) electrons. The summed E-state index contributed by atoms with van der Waals surface area (Å²) >= 11 is 0. The van der Waals surface area contributed by atoms with Crippen molar-refractivity contribution >= 4 is 22.5 Å². The van der Waals surface area contributed by atoms with Crippen LogP contribution in [-0.2, 0) is 0 Å². The second-order valence-corrected chi connectivity index (χ2v) is 5.44. The number of aromatic amines is 1. The Balaban J connectivity index is 1.80. The van der Waals surface area contributed by atoms with Crippen molar-refractivity contribution in [2.45, 2.75) is 6.04 Å². The second kappa shape index (κ2) is 3.74. The summed E-state index contributed by atoms with van der Waals surface area (Å²) in [7, 11) is 0. The maximum atomic E-state index is 11.4. The molecule has 0 unspecified atom stereocenters. The molecule has 3 heterocycles. The van der Waals surface area contributed by atoms with Gasteiger partial charge in [0.25, 0.3) is 5.91 Å². The lowest BCUT2D eigenvalue weighted by atomic mass is 9.96. The first-order chi connectivity index (χ1) is 9.24. The number of hydrogen-bond acceptors (Lipinski definition) is 3. The molecule has 98 valence electrons. The molecule has 0 aliphatic carbocycles. The molecular weight excluding hydrogens is 240 g/mol. The average molecular weight is 256 g/mol. The van der Waals surface area contributed by atoms with E-state index in [9.17, 15) is 4.79 Å². The maximum Gasteiger partial charge on any atom is 0.250 e. The molecule has 19 heavy (non-hydrogen) atoms. The number of fused-ring (bicyclic) bond motifs is 2. The molecule has 2 aromatic rings. The molecule has 2 saturated heterocycles. The summed E-state index contributed by atoms with van der Waals surface area (Å²) in [5.41, 5.74) is 8.01. The van der Waals surface area contributed by atoms with Crippen LogP contribution >= 0.6 is 0 Å². The first-order valence-corrected chi connectivity index (χ1v) is 6.62. The highest BCUT2D eigenvalue weighted by Gasteiger charge is 2.39. The summed E-state index contributed by atoms with van der Waals surface area (Å²) in [5, 5.41) is 4.54. The Morgan fingerprint density at radius 3 is 2.84 bits per heavy atom. The summed E-state index contributed by atoms with van der Waals surface area (Å²) in [6.45, 7) is 3.26. The Morgan fingerprint density at radius 2 is 2.21 bits per heavy atom. The predicted octanol–water partition coefficient (Wildman–Crippen LogP) is 0.675. The van der Waals surface area contributed by atoms with Crippen molar-refractivity contribution in [1.29, 1.82) is 0 Å². The van der Waals surface area contributed by atoms with Crippen LogP contribution in [-0.4, -0.2) is 36.6 Å². The Bertz CT molecular complexity index is 651. The number of rotatable bonds is 2. The number of hydrogen-bond donors (Lipinski definition) is 3. The van der Waals surface area contributed by atoms with Crippen LogP contribution < -0.4 is 16.0 Å². The minimum atomic E-state index is -0.387. The van der Waals surface area contributed by atoms with E-state index in [1.165, 1.54) is 5.69 Å². The number of anilines is 1. The number of nitrogens with two attached hydrogens (primary N) is 1. The molecule has 1 aromatic heterocycles. The number of H-pyrrole nitrogens is 1. The van der Waals surface area contributed by atoms with Gasteiger partial charge in [-0.1, -0.05) is 0 Å². The minimum absolute atomic E-state index is 0.387. The fourth-order valence-corrected chi connectivity index (χ4v) is 3.27. The standard InChI is InChI=1S/C14H16N4O/c15-14(19)10-1-2-12(9-3-4-16-13(9)10)18-6-8-5-17-11(8)7-18/h1-4,8,11,16-17H,5-7H2,(H2,15,19)/t8-,11-/m0/s1. The van der Waals surface area contributed by atoms with E-state index in [0.29, 0.717) is 11.6 Å². The van der Waals surface area contributed by atoms with E-state index in [4.69, 9.17) is 5.73 Å². The fourth-order valence-electron chi connectivity index (χ4n) is 3.27. The van der Waals surface area contributed by atoms with Gasteiger partial charge in [0, 0.05) is 48.9 Å².